The molecule has 2 N–H and O–H groups in total. The van der Waals surface area contributed by atoms with Crippen molar-refractivity contribution in [3.05, 3.63) is 53.2 Å². The number of halogens is 1. The van der Waals surface area contributed by atoms with Crippen molar-refractivity contribution >= 4 is 28.1 Å². The molecule has 1 atom stereocenters. The molecule has 0 fully saturated rings. The zero-order chi connectivity index (χ0) is 23.1. The number of nitrogens with zero attached hydrogens (tertiary/aromatic N) is 3. The Kier molecular flexibility index (Phi) is 7.74. The third-order valence-electron chi connectivity index (χ3n) is 4.99. The van der Waals surface area contributed by atoms with Crippen molar-refractivity contribution in [1.29, 1.82) is 0 Å². The second kappa shape index (κ2) is 10.5. The van der Waals surface area contributed by atoms with Crippen LogP contribution in [0.1, 0.15) is 63.2 Å². The molecule has 32 heavy (non-hydrogen) atoms. The zero-order valence-corrected chi connectivity index (χ0v) is 19.2. The number of para-hydroxylation sites is 1. The highest BCUT2D eigenvalue weighted by atomic mass is 32.1. The van der Waals surface area contributed by atoms with Crippen molar-refractivity contribution in [2.75, 3.05) is 5.32 Å². The van der Waals surface area contributed by atoms with Gasteiger partial charge in [-0.05, 0) is 31.0 Å². The van der Waals surface area contributed by atoms with Crippen LogP contribution in [0.4, 0.5) is 15.2 Å². The smallest absolute Gasteiger partial charge is 0.303 e. The maximum atomic E-state index is 14.6. The number of nitrogens with one attached hydrogen (secondary N) is 1. The lowest BCUT2D eigenvalue weighted by Gasteiger charge is -2.19. The molecule has 0 amide bonds. The van der Waals surface area contributed by atoms with Crippen LogP contribution in [0.25, 0.3) is 0 Å². The van der Waals surface area contributed by atoms with Crippen LogP contribution in [0, 0.1) is 0 Å². The van der Waals surface area contributed by atoms with Gasteiger partial charge < -0.3 is 15.2 Å². The molecular weight excluding hydrogens is 431 g/mol. The van der Waals surface area contributed by atoms with Crippen LogP contribution >= 0.6 is 11.3 Å². The van der Waals surface area contributed by atoms with Gasteiger partial charge in [-0.3, -0.25) is 4.79 Å². The minimum absolute atomic E-state index is 0.0585. The van der Waals surface area contributed by atoms with E-state index >= 15 is 0 Å². The van der Waals surface area contributed by atoms with Gasteiger partial charge in [-0.15, -0.1) is 10.2 Å². The molecule has 7 nitrogen and oxygen atoms in total. The van der Waals surface area contributed by atoms with Gasteiger partial charge >= 0.3 is 5.97 Å². The highest BCUT2D eigenvalue weighted by Gasteiger charge is 2.26. The van der Waals surface area contributed by atoms with Crippen LogP contribution in [-0.2, 0) is 10.2 Å². The number of carboxylic acids is 1. The third-order valence-corrected chi connectivity index (χ3v) is 6.19. The summed E-state index contributed by atoms with van der Waals surface area (Å²) in [6, 6.07) is 10.6. The summed E-state index contributed by atoms with van der Waals surface area (Å²) in [5, 5.41) is 21.8. The Balaban J connectivity index is 1.79. The summed E-state index contributed by atoms with van der Waals surface area (Å²) in [6.07, 6.45) is 2.14. The van der Waals surface area contributed by atoms with Gasteiger partial charge in [0.2, 0.25) is 11.0 Å². The van der Waals surface area contributed by atoms with E-state index in [9.17, 15) is 9.18 Å². The first-order valence-electron chi connectivity index (χ1n) is 10.5. The SMILES string of the molecule is CCCC(F)c1ccccc1Oc1ncccc1Nc1nnc(C(C)(C)CCC(=O)O)s1. The minimum Gasteiger partial charge on any atom is -0.481 e. The van der Waals surface area contributed by atoms with Crippen LogP contribution in [0.5, 0.6) is 11.6 Å². The monoisotopic (exact) mass is 458 g/mol. The molecule has 3 aromatic rings. The number of anilines is 2. The maximum absolute atomic E-state index is 14.6. The largest absolute Gasteiger partial charge is 0.481 e. The van der Waals surface area contributed by atoms with Crippen LogP contribution in [0.3, 0.4) is 0 Å². The summed E-state index contributed by atoms with van der Waals surface area (Å²) in [5.41, 5.74) is 0.641. The van der Waals surface area contributed by atoms with Crippen LogP contribution in [0.2, 0.25) is 0 Å². The van der Waals surface area contributed by atoms with Gasteiger partial charge in [-0.2, -0.15) is 0 Å². The van der Waals surface area contributed by atoms with E-state index in [0.29, 0.717) is 40.9 Å². The number of carbonyl (C=O) groups is 1. The second-order valence-electron chi connectivity index (χ2n) is 8.07. The molecule has 0 aliphatic rings. The molecule has 1 unspecified atom stereocenters. The van der Waals surface area contributed by atoms with E-state index in [2.05, 4.69) is 20.5 Å². The first-order chi connectivity index (χ1) is 15.3. The molecular formula is C23H27FN4O3S. The normalized spacial score (nSPS) is 12.4. The molecule has 170 valence electrons. The van der Waals surface area contributed by atoms with Gasteiger partial charge in [0.25, 0.3) is 0 Å². The molecule has 0 aliphatic carbocycles. The molecule has 0 bridgehead atoms. The molecule has 1 aromatic carbocycles. The Morgan fingerprint density at radius 1 is 1.25 bits per heavy atom. The number of hydrogen-bond donors (Lipinski definition) is 2. The van der Waals surface area contributed by atoms with E-state index in [1.165, 1.54) is 11.3 Å². The number of rotatable bonds is 11. The van der Waals surface area contributed by atoms with E-state index in [4.69, 9.17) is 9.84 Å². The number of alkyl halides is 1. The number of ether oxygens (including phenoxy) is 1. The van der Waals surface area contributed by atoms with Crippen LogP contribution < -0.4 is 10.1 Å². The summed E-state index contributed by atoms with van der Waals surface area (Å²) in [4.78, 5) is 15.2. The average Bonchev–Trinajstić information content (AvgIpc) is 3.24. The third kappa shape index (κ3) is 6.00. The number of benzene rings is 1. The molecule has 3 rings (SSSR count). The van der Waals surface area contributed by atoms with E-state index in [-0.39, 0.29) is 6.42 Å². The number of aromatic nitrogens is 3. The summed E-state index contributed by atoms with van der Waals surface area (Å²) in [6.45, 7) is 5.83. The van der Waals surface area contributed by atoms with Crippen molar-refractivity contribution in [1.82, 2.24) is 15.2 Å². The van der Waals surface area contributed by atoms with Gasteiger partial charge in [0.1, 0.15) is 22.6 Å². The lowest BCUT2D eigenvalue weighted by Crippen LogP contribution is -2.18. The lowest BCUT2D eigenvalue weighted by atomic mass is 9.89. The highest BCUT2D eigenvalue weighted by Crippen LogP contribution is 2.37. The van der Waals surface area contributed by atoms with Gasteiger partial charge in [-0.25, -0.2) is 9.37 Å². The van der Waals surface area contributed by atoms with Crippen molar-refractivity contribution in [3.8, 4) is 11.6 Å². The van der Waals surface area contributed by atoms with Gasteiger partial charge in [0.05, 0.1) is 0 Å². The van der Waals surface area contributed by atoms with Crippen molar-refractivity contribution in [3.63, 3.8) is 0 Å². The fourth-order valence-corrected chi connectivity index (χ4v) is 3.99. The fraction of sp³-hybridized carbons (Fsp3) is 0.391. The van der Waals surface area contributed by atoms with E-state index in [0.717, 1.165) is 11.4 Å². The van der Waals surface area contributed by atoms with Crippen LogP contribution in [-0.4, -0.2) is 26.3 Å². The number of pyridine rings is 1. The standard InChI is InChI=1S/C23H27FN4O3S/c1-4-8-16(24)15-9-5-6-11-18(15)31-20-17(10-7-14-25-20)26-22-28-27-21(32-22)23(2,3)13-12-19(29)30/h5-7,9-11,14,16H,4,8,12-13H2,1-3H3,(H,26,28)(H,29,30). The molecule has 0 saturated carbocycles. The second-order valence-corrected chi connectivity index (χ2v) is 9.04. The summed E-state index contributed by atoms with van der Waals surface area (Å²) in [5.74, 6) is -0.124. The van der Waals surface area contributed by atoms with E-state index < -0.39 is 17.6 Å². The van der Waals surface area contributed by atoms with Crippen molar-refractivity contribution in [2.45, 2.75) is 58.0 Å². The quantitative estimate of drug-likeness (QED) is 0.342. The molecule has 2 heterocycles. The topological polar surface area (TPSA) is 97.2 Å². The highest BCUT2D eigenvalue weighted by molar-refractivity contribution is 7.15. The summed E-state index contributed by atoms with van der Waals surface area (Å²) in [7, 11) is 0. The van der Waals surface area contributed by atoms with Gasteiger partial charge in [0.15, 0.2) is 0 Å². The van der Waals surface area contributed by atoms with Crippen LogP contribution in [0.15, 0.2) is 42.6 Å². The first kappa shape index (κ1) is 23.6. The Morgan fingerprint density at radius 2 is 2.03 bits per heavy atom. The minimum atomic E-state index is -1.12. The first-order valence-corrected chi connectivity index (χ1v) is 11.3. The maximum Gasteiger partial charge on any atom is 0.303 e. The lowest BCUT2D eigenvalue weighted by molar-refractivity contribution is -0.137. The molecule has 2 aromatic heterocycles. The molecule has 9 heteroatoms. The molecule has 0 aliphatic heterocycles. The van der Waals surface area contributed by atoms with Crippen molar-refractivity contribution < 1.29 is 19.0 Å². The Bertz CT molecular complexity index is 1060. The number of aliphatic carboxylic acids is 1. The Morgan fingerprint density at radius 3 is 2.78 bits per heavy atom. The number of hydrogen-bond acceptors (Lipinski definition) is 7. The molecule has 0 radical (unpaired) electrons. The van der Waals surface area contributed by atoms with Crippen molar-refractivity contribution in [2.24, 2.45) is 0 Å². The predicted octanol–water partition coefficient (Wildman–Crippen LogP) is 6.42. The molecule has 0 saturated heterocycles. The van der Waals surface area contributed by atoms with Gasteiger partial charge in [-0.1, -0.05) is 56.7 Å². The van der Waals surface area contributed by atoms with E-state index in [1.807, 2.05) is 20.8 Å². The molecule has 0 spiro atoms. The van der Waals surface area contributed by atoms with Gasteiger partial charge in [0, 0.05) is 23.6 Å². The Labute approximate surface area is 190 Å². The van der Waals surface area contributed by atoms with E-state index in [1.54, 1.807) is 42.6 Å². The Hall–Kier alpha value is -3.07. The average molecular weight is 459 g/mol. The summed E-state index contributed by atoms with van der Waals surface area (Å²) < 4.78 is 20.6. The zero-order valence-electron chi connectivity index (χ0n) is 18.3. The fourth-order valence-electron chi connectivity index (χ4n) is 3.10. The number of carboxylic acid groups (broad SMARTS) is 1. The predicted molar refractivity (Wildman–Crippen MR) is 123 cm³/mol. The summed E-state index contributed by atoms with van der Waals surface area (Å²) >= 11 is 1.35.